The smallest absolute Gasteiger partial charge is 0.368 e. The molecule has 0 fully saturated rings. The molecule has 3 aromatic rings. The van der Waals surface area contributed by atoms with E-state index in [0.29, 0.717) is 23.5 Å². The monoisotopic (exact) mass is 451 g/mol. The predicted octanol–water partition coefficient (Wildman–Crippen LogP) is 3.78. The number of sulfone groups is 1. The fourth-order valence-corrected chi connectivity index (χ4v) is 3.70. The molecule has 0 aliphatic rings. The number of nitrogens with two attached hydrogens (primary N) is 1. The maximum Gasteiger partial charge on any atom is 0.433 e. The second-order valence-corrected chi connectivity index (χ2v) is 8.80. The van der Waals surface area contributed by atoms with Crippen LogP contribution in [0.15, 0.2) is 53.6 Å². The van der Waals surface area contributed by atoms with Crippen LogP contribution in [0.5, 0.6) is 0 Å². The molecule has 0 aliphatic heterocycles. The average Bonchev–Trinajstić information content (AvgIpc) is 2.70. The molecule has 3 rings (SSSR count). The van der Waals surface area contributed by atoms with Crippen LogP contribution >= 0.6 is 0 Å². The van der Waals surface area contributed by atoms with E-state index in [9.17, 15) is 21.6 Å². The van der Waals surface area contributed by atoms with Crippen LogP contribution in [0.25, 0.3) is 0 Å². The lowest BCUT2D eigenvalue weighted by Gasteiger charge is -2.26. The molecule has 2 heterocycles. The number of pyridine rings is 1. The highest BCUT2D eigenvalue weighted by Gasteiger charge is 2.32. The summed E-state index contributed by atoms with van der Waals surface area (Å²) in [5, 5.41) is 0. The summed E-state index contributed by atoms with van der Waals surface area (Å²) in [7, 11) is -3.43. The minimum absolute atomic E-state index is 0.00898. The summed E-state index contributed by atoms with van der Waals surface area (Å²) in [6.45, 7) is 1.80. The fourth-order valence-electron chi connectivity index (χ4n) is 3.03. The van der Waals surface area contributed by atoms with Crippen LogP contribution in [0.2, 0.25) is 0 Å². The first-order valence-corrected chi connectivity index (χ1v) is 11.1. The lowest BCUT2D eigenvalue weighted by molar-refractivity contribution is -0.141. The minimum Gasteiger partial charge on any atom is -0.368 e. The number of hydrogen-bond donors (Lipinski definition) is 1. The van der Waals surface area contributed by atoms with Gasteiger partial charge in [0.1, 0.15) is 11.5 Å². The predicted molar refractivity (Wildman–Crippen MR) is 110 cm³/mol. The number of aryl methyl sites for hydroxylation is 1. The van der Waals surface area contributed by atoms with Crippen LogP contribution in [-0.2, 0) is 29.0 Å². The molecule has 0 bridgehead atoms. The van der Waals surface area contributed by atoms with Gasteiger partial charge in [0.15, 0.2) is 9.84 Å². The van der Waals surface area contributed by atoms with E-state index in [1.165, 1.54) is 24.4 Å². The quantitative estimate of drug-likeness (QED) is 0.609. The number of hydrogen-bond acceptors (Lipinski definition) is 7. The van der Waals surface area contributed by atoms with Gasteiger partial charge >= 0.3 is 6.18 Å². The SMILES string of the molecule is CCc1cc(S(C)(=O)=O)ccc1N(Cc1cccc(C(F)(F)F)n1)c1ccnc(N)n1. The first kappa shape index (κ1) is 22.5. The number of rotatable bonds is 6. The Bertz CT molecular complexity index is 1200. The van der Waals surface area contributed by atoms with E-state index >= 15 is 0 Å². The number of aromatic nitrogens is 3. The Morgan fingerprint density at radius 1 is 1.10 bits per heavy atom. The largest absolute Gasteiger partial charge is 0.433 e. The van der Waals surface area contributed by atoms with E-state index in [0.717, 1.165) is 12.3 Å². The van der Waals surface area contributed by atoms with Gasteiger partial charge in [-0.3, -0.25) is 0 Å². The Hall–Kier alpha value is -3.21. The third-order valence-electron chi connectivity index (χ3n) is 4.50. The van der Waals surface area contributed by atoms with Gasteiger partial charge < -0.3 is 10.6 Å². The van der Waals surface area contributed by atoms with E-state index in [1.807, 2.05) is 6.92 Å². The molecule has 2 N–H and O–H groups in total. The van der Waals surface area contributed by atoms with Gasteiger partial charge in [-0.05, 0) is 48.4 Å². The van der Waals surface area contributed by atoms with Crippen molar-refractivity contribution in [2.75, 3.05) is 16.9 Å². The van der Waals surface area contributed by atoms with Gasteiger partial charge in [0, 0.05) is 18.1 Å². The third-order valence-corrected chi connectivity index (χ3v) is 5.61. The number of nitrogen functional groups attached to an aromatic ring is 1. The highest BCUT2D eigenvalue weighted by Crippen LogP contribution is 2.32. The van der Waals surface area contributed by atoms with Gasteiger partial charge in [-0.15, -0.1) is 0 Å². The Morgan fingerprint density at radius 3 is 2.45 bits per heavy atom. The molecule has 0 saturated carbocycles. The summed E-state index contributed by atoms with van der Waals surface area (Å²) in [4.78, 5) is 13.6. The summed E-state index contributed by atoms with van der Waals surface area (Å²) in [6.07, 6.45) is -1.56. The molecule has 0 amide bonds. The van der Waals surface area contributed by atoms with E-state index in [-0.39, 0.29) is 23.1 Å². The van der Waals surface area contributed by atoms with E-state index < -0.39 is 21.7 Å². The van der Waals surface area contributed by atoms with Gasteiger partial charge in [0.2, 0.25) is 5.95 Å². The molecule has 0 spiro atoms. The molecule has 0 unspecified atom stereocenters. The van der Waals surface area contributed by atoms with Crippen molar-refractivity contribution in [1.29, 1.82) is 0 Å². The van der Waals surface area contributed by atoms with E-state index in [1.54, 1.807) is 23.1 Å². The van der Waals surface area contributed by atoms with Crippen LogP contribution in [0.3, 0.4) is 0 Å². The number of benzene rings is 1. The molecule has 31 heavy (non-hydrogen) atoms. The lowest BCUT2D eigenvalue weighted by Crippen LogP contribution is -2.21. The first-order chi connectivity index (χ1) is 14.5. The molecular weight excluding hydrogens is 431 g/mol. The molecular formula is C20H20F3N5O2S. The molecule has 164 valence electrons. The van der Waals surface area contributed by atoms with Crippen LogP contribution in [0, 0.1) is 0 Å². The van der Waals surface area contributed by atoms with Crippen molar-refractivity contribution in [3.63, 3.8) is 0 Å². The third kappa shape index (κ3) is 5.29. The molecule has 1 aromatic carbocycles. The maximum atomic E-state index is 13.1. The number of nitrogens with zero attached hydrogens (tertiary/aromatic N) is 4. The lowest BCUT2D eigenvalue weighted by atomic mass is 10.1. The summed E-state index contributed by atoms with van der Waals surface area (Å²) in [5.74, 6) is 0.332. The van der Waals surface area contributed by atoms with Crippen molar-refractivity contribution < 1.29 is 21.6 Å². The highest BCUT2D eigenvalue weighted by atomic mass is 32.2. The zero-order chi connectivity index (χ0) is 22.8. The normalized spacial score (nSPS) is 12.0. The molecule has 0 saturated heterocycles. The van der Waals surface area contributed by atoms with Crippen molar-refractivity contribution in [1.82, 2.24) is 15.0 Å². The van der Waals surface area contributed by atoms with Gasteiger partial charge in [-0.2, -0.15) is 18.2 Å². The average molecular weight is 451 g/mol. The second kappa shape index (κ2) is 8.50. The second-order valence-electron chi connectivity index (χ2n) is 6.79. The van der Waals surface area contributed by atoms with Crippen LogP contribution in [-0.4, -0.2) is 29.6 Å². The highest BCUT2D eigenvalue weighted by molar-refractivity contribution is 7.90. The number of alkyl halides is 3. The van der Waals surface area contributed by atoms with Crippen LogP contribution in [0.1, 0.15) is 23.9 Å². The molecule has 0 radical (unpaired) electrons. The Morgan fingerprint density at radius 2 is 1.84 bits per heavy atom. The summed E-state index contributed by atoms with van der Waals surface area (Å²) >= 11 is 0. The molecule has 2 aromatic heterocycles. The first-order valence-electron chi connectivity index (χ1n) is 9.21. The van der Waals surface area contributed by atoms with Crippen LogP contribution in [0.4, 0.5) is 30.6 Å². The van der Waals surface area contributed by atoms with Crippen molar-refractivity contribution in [2.45, 2.75) is 31.0 Å². The molecule has 7 nitrogen and oxygen atoms in total. The number of halogens is 3. The van der Waals surface area contributed by atoms with Crippen molar-refractivity contribution in [2.24, 2.45) is 0 Å². The zero-order valence-electron chi connectivity index (χ0n) is 16.8. The topological polar surface area (TPSA) is 102 Å². The zero-order valence-corrected chi connectivity index (χ0v) is 17.6. The van der Waals surface area contributed by atoms with E-state index in [2.05, 4.69) is 15.0 Å². The fraction of sp³-hybridized carbons (Fsp3) is 0.250. The van der Waals surface area contributed by atoms with Crippen molar-refractivity contribution in [3.05, 3.63) is 65.6 Å². The summed E-state index contributed by atoms with van der Waals surface area (Å²) < 4.78 is 63.2. The molecule has 0 atom stereocenters. The summed E-state index contributed by atoms with van der Waals surface area (Å²) in [6, 6.07) is 9.81. The minimum atomic E-state index is -4.58. The van der Waals surface area contributed by atoms with Crippen LogP contribution < -0.4 is 10.6 Å². The van der Waals surface area contributed by atoms with Gasteiger partial charge in [-0.25, -0.2) is 18.4 Å². The number of anilines is 3. The Balaban J connectivity index is 2.13. The van der Waals surface area contributed by atoms with E-state index in [4.69, 9.17) is 5.73 Å². The molecule has 11 heteroatoms. The van der Waals surface area contributed by atoms with Gasteiger partial charge in [0.25, 0.3) is 0 Å². The Kier molecular flexibility index (Phi) is 6.16. The maximum absolute atomic E-state index is 13.1. The summed E-state index contributed by atoms with van der Waals surface area (Å²) in [5.41, 5.74) is 6.11. The Labute approximate surface area is 177 Å². The van der Waals surface area contributed by atoms with Gasteiger partial charge in [-0.1, -0.05) is 13.0 Å². The van der Waals surface area contributed by atoms with Gasteiger partial charge in [0.05, 0.1) is 17.1 Å². The standard InChI is InChI=1S/C20H20F3N5O2S/c1-3-13-11-15(31(2,29)30)7-8-16(13)28(18-9-10-25-19(24)27-18)12-14-5-4-6-17(26-14)20(21,22)23/h4-11H,3,12H2,1-2H3,(H2,24,25,27). The van der Waals surface area contributed by atoms with Crippen molar-refractivity contribution in [3.8, 4) is 0 Å². The molecule has 0 aliphatic carbocycles. The van der Waals surface area contributed by atoms with Crippen molar-refractivity contribution >= 4 is 27.3 Å².